The summed E-state index contributed by atoms with van der Waals surface area (Å²) < 4.78 is 2.17. The van der Waals surface area contributed by atoms with E-state index in [1.54, 1.807) is 18.5 Å². The Kier molecular flexibility index (Phi) is 6.36. The fourth-order valence-electron chi connectivity index (χ4n) is 6.96. The Bertz CT molecular complexity index is 1310. The summed E-state index contributed by atoms with van der Waals surface area (Å²) >= 11 is 0. The minimum absolute atomic E-state index is 0.0852. The number of nitrogens with zero attached hydrogens (tertiary/aromatic N) is 3. The van der Waals surface area contributed by atoms with Gasteiger partial charge < -0.3 is 9.47 Å². The quantitative estimate of drug-likeness (QED) is 0.470. The Morgan fingerprint density at radius 3 is 2.44 bits per heavy atom. The third-order valence-electron chi connectivity index (χ3n) is 8.10. The topological polar surface area (TPSA) is 55.2 Å². The van der Waals surface area contributed by atoms with Crippen LogP contribution in [-0.2, 0) is 19.4 Å². The maximum atomic E-state index is 14.2. The summed E-state index contributed by atoms with van der Waals surface area (Å²) in [6.45, 7) is 10.2. The van der Waals surface area contributed by atoms with E-state index in [1.807, 2.05) is 42.2 Å². The van der Waals surface area contributed by atoms with Crippen molar-refractivity contribution in [1.29, 1.82) is 0 Å². The number of aromatic nitrogens is 2. The number of amides is 1. The molecule has 0 radical (unpaired) electrons. The normalized spacial score (nSPS) is 22.6. The Morgan fingerprint density at radius 1 is 1.00 bits per heavy atom. The van der Waals surface area contributed by atoms with Gasteiger partial charge in [0, 0.05) is 49.0 Å². The van der Waals surface area contributed by atoms with Crippen LogP contribution in [0.15, 0.2) is 65.7 Å². The van der Waals surface area contributed by atoms with Crippen LogP contribution < -0.4 is 5.43 Å². The van der Waals surface area contributed by atoms with E-state index in [4.69, 9.17) is 0 Å². The lowest BCUT2D eigenvalue weighted by atomic mass is 9.65. The van der Waals surface area contributed by atoms with Crippen LogP contribution in [0.3, 0.4) is 0 Å². The van der Waals surface area contributed by atoms with Crippen molar-refractivity contribution in [3.63, 3.8) is 0 Å². The number of hydrogen-bond donors (Lipinski definition) is 0. The summed E-state index contributed by atoms with van der Waals surface area (Å²) in [6.07, 6.45) is 8.11. The highest BCUT2D eigenvalue weighted by Crippen LogP contribution is 2.52. The highest BCUT2D eigenvalue weighted by atomic mass is 16.2. The maximum Gasteiger partial charge on any atom is 0.259 e. The third kappa shape index (κ3) is 4.88. The van der Waals surface area contributed by atoms with E-state index in [2.05, 4.69) is 42.5 Å². The first-order valence-corrected chi connectivity index (χ1v) is 13.1. The molecule has 0 spiro atoms. The first kappa shape index (κ1) is 24.5. The molecule has 2 fully saturated rings. The predicted octanol–water partition coefficient (Wildman–Crippen LogP) is 5.43. The van der Waals surface area contributed by atoms with Gasteiger partial charge in [-0.15, -0.1) is 0 Å². The Balaban J connectivity index is 1.57. The van der Waals surface area contributed by atoms with Gasteiger partial charge in [-0.1, -0.05) is 51.1 Å². The van der Waals surface area contributed by atoms with Gasteiger partial charge in [-0.25, -0.2) is 0 Å². The fourth-order valence-corrected chi connectivity index (χ4v) is 6.96. The van der Waals surface area contributed by atoms with Crippen molar-refractivity contribution >= 4 is 5.91 Å². The number of hydrogen-bond acceptors (Lipinski definition) is 3. The number of benzene rings is 1. The van der Waals surface area contributed by atoms with Crippen molar-refractivity contribution in [2.45, 2.75) is 72.4 Å². The molecule has 1 aliphatic carbocycles. The lowest BCUT2D eigenvalue weighted by Crippen LogP contribution is -2.41. The second kappa shape index (κ2) is 9.34. The molecule has 188 valence electrons. The molecule has 2 aliphatic rings. The van der Waals surface area contributed by atoms with Crippen LogP contribution in [0.1, 0.15) is 72.9 Å². The summed E-state index contributed by atoms with van der Waals surface area (Å²) in [5, 5.41) is 0. The third-order valence-corrected chi connectivity index (χ3v) is 8.10. The number of pyridine rings is 2. The van der Waals surface area contributed by atoms with Crippen LogP contribution in [0.5, 0.6) is 0 Å². The zero-order chi connectivity index (χ0) is 25.5. The summed E-state index contributed by atoms with van der Waals surface area (Å²) in [6, 6.07) is 16.1. The number of carbonyl (C=O) groups excluding carboxylic acids is 1. The molecule has 5 heteroatoms. The van der Waals surface area contributed by atoms with Gasteiger partial charge >= 0.3 is 0 Å². The van der Waals surface area contributed by atoms with Crippen LogP contribution in [-0.4, -0.2) is 32.9 Å². The summed E-state index contributed by atoms with van der Waals surface area (Å²) in [5.41, 5.74) is 4.55. The molecule has 1 amide bonds. The summed E-state index contributed by atoms with van der Waals surface area (Å²) in [7, 11) is 0. The van der Waals surface area contributed by atoms with Gasteiger partial charge in [-0.2, -0.15) is 0 Å². The number of likely N-dealkylation sites (tertiary alicyclic amines) is 1. The Hall–Kier alpha value is -3.21. The SMILES string of the molecule is Cc1cc(=O)c(C(=O)N2C[C@]3(C)C[C@H]2CC(C)(C)C3)c(CCc2ccccc2)n1Cc1ccncc1. The first-order chi connectivity index (χ1) is 17.1. The van der Waals surface area contributed by atoms with Crippen LogP contribution in [0, 0.1) is 17.8 Å². The van der Waals surface area contributed by atoms with Crippen LogP contribution >= 0.6 is 0 Å². The van der Waals surface area contributed by atoms with E-state index in [-0.39, 0.29) is 28.2 Å². The molecule has 3 aromatic rings. The molecule has 1 saturated heterocycles. The second-order valence-electron chi connectivity index (χ2n) is 12.0. The molecule has 0 N–H and O–H groups in total. The molecule has 2 bridgehead atoms. The highest BCUT2D eigenvalue weighted by Gasteiger charge is 2.51. The van der Waals surface area contributed by atoms with Crippen molar-refractivity contribution < 1.29 is 4.79 Å². The molecule has 5 nitrogen and oxygen atoms in total. The molecule has 0 unspecified atom stereocenters. The number of aryl methyl sites for hydroxylation is 2. The van der Waals surface area contributed by atoms with Gasteiger partial charge in [-0.3, -0.25) is 14.6 Å². The van der Waals surface area contributed by atoms with Crippen LogP contribution in [0.4, 0.5) is 0 Å². The van der Waals surface area contributed by atoms with E-state index in [0.717, 1.165) is 49.2 Å². The van der Waals surface area contributed by atoms with E-state index in [9.17, 15) is 9.59 Å². The molecule has 5 rings (SSSR count). The van der Waals surface area contributed by atoms with Crippen LogP contribution in [0.25, 0.3) is 0 Å². The van der Waals surface area contributed by atoms with E-state index < -0.39 is 0 Å². The number of rotatable bonds is 6. The molecular weight excluding hydrogens is 446 g/mol. The molecule has 36 heavy (non-hydrogen) atoms. The smallest absolute Gasteiger partial charge is 0.259 e. The van der Waals surface area contributed by atoms with Gasteiger partial charge in [0.05, 0.1) is 0 Å². The van der Waals surface area contributed by atoms with Crippen LogP contribution in [0.2, 0.25) is 0 Å². The Morgan fingerprint density at radius 2 is 1.72 bits per heavy atom. The maximum absolute atomic E-state index is 14.2. The monoisotopic (exact) mass is 483 g/mol. The Labute approximate surface area is 214 Å². The molecule has 3 heterocycles. The average molecular weight is 484 g/mol. The molecule has 2 atom stereocenters. The number of carbonyl (C=O) groups is 1. The van der Waals surface area contributed by atoms with E-state index in [0.29, 0.717) is 18.5 Å². The zero-order valence-corrected chi connectivity index (χ0v) is 22.0. The van der Waals surface area contributed by atoms with Crippen molar-refractivity contribution in [2.75, 3.05) is 6.54 Å². The standard InChI is InChI=1S/C31H37N3O2/c1-22-16-27(35)28(29(36)34-21-31(4)18-25(34)17-30(2,3)20-31)26(11-10-23-8-6-5-7-9-23)33(22)19-24-12-14-32-15-13-24/h5-9,12-16,25H,10-11,17-21H2,1-4H3/t25-,31-/m1/s1. The van der Waals surface area contributed by atoms with Gasteiger partial charge in [0.25, 0.3) is 5.91 Å². The molecule has 1 aliphatic heterocycles. The minimum Gasteiger partial charge on any atom is -0.343 e. The molecule has 2 aromatic heterocycles. The lowest BCUT2D eigenvalue weighted by Gasteiger charge is -2.39. The van der Waals surface area contributed by atoms with Gasteiger partial charge in [-0.05, 0) is 73.1 Å². The minimum atomic E-state index is -0.155. The van der Waals surface area contributed by atoms with E-state index >= 15 is 0 Å². The predicted molar refractivity (Wildman–Crippen MR) is 143 cm³/mol. The largest absolute Gasteiger partial charge is 0.343 e. The van der Waals surface area contributed by atoms with Crippen molar-refractivity contribution in [3.8, 4) is 0 Å². The van der Waals surface area contributed by atoms with Gasteiger partial charge in [0.15, 0.2) is 5.43 Å². The second-order valence-corrected chi connectivity index (χ2v) is 12.0. The molecular formula is C31H37N3O2. The molecule has 1 saturated carbocycles. The van der Waals surface area contributed by atoms with Crippen molar-refractivity contribution in [1.82, 2.24) is 14.5 Å². The number of fused-ring (bicyclic) bond motifs is 2. The highest BCUT2D eigenvalue weighted by molar-refractivity contribution is 5.96. The first-order valence-electron chi connectivity index (χ1n) is 13.1. The average Bonchev–Trinajstić information content (AvgIpc) is 3.09. The zero-order valence-electron chi connectivity index (χ0n) is 22.0. The molecule has 1 aromatic carbocycles. The van der Waals surface area contributed by atoms with Gasteiger partial charge in [0.1, 0.15) is 5.56 Å². The summed E-state index contributed by atoms with van der Waals surface area (Å²) in [5.74, 6) is -0.0852. The van der Waals surface area contributed by atoms with Crippen molar-refractivity contribution in [2.24, 2.45) is 10.8 Å². The summed E-state index contributed by atoms with van der Waals surface area (Å²) in [4.78, 5) is 33.9. The van der Waals surface area contributed by atoms with Crippen molar-refractivity contribution in [3.05, 3.63) is 99.2 Å². The fraction of sp³-hybridized carbons (Fsp3) is 0.452. The van der Waals surface area contributed by atoms with E-state index in [1.165, 1.54) is 5.56 Å². The van der Waals surface area contributed by atoms with Gasteiger partial charge in [0.2, 0.25) is 0 Å². The lowest BCUT2D eigenvalue weighted by molar-refractivity contribution is 0.0704.